The fourth-order valence-corrected chi connectivity index (χ4v) is 4.02. The lowest BCUT2D eigenvalue weighted by Crippen LogP contribution is -2.14. The molecule has 0 saturated heterocycles. The molecule has 0 fully saturated rings. The number of benzene rings is 4. The number of hydrogen-bond acceptors (Lipinski definition) is 2. The summed E-state index contributed by atoms with van der Waals surface area (Å²) >= 11 is 1.65. The molecule has 1 amide bonds. The lowest BCUT2D eigenvalue weighted by molar-refractivity contribution is -0.115. The van der Waals surface area contributed by atoms with Gasteiger partial charge in [-0.2, -0.15) is 0 Å². The molecular formula is C26H21NOS. The first-order chi connectivity index (χ1) is 14.3. The zero-order valence-electron chi connectivity index (χ0n) is 15.9. The van der Waals surface area contributed by atoms with Crippen molar-refractivity contribution in [2.75, 3.05) is 5.32 Å². The smallest absolute Gasteiger partial charge is 0.228 e. The minimum Gasteiger partial charge on any atom is -0.325 e. The predicted octanol–water partition coefficient (Wildman–Crippen LogP) is 6.69. The van der Waals surface area contributed by atoms with Crippen molar-refractivity contribution in [3.8, 4) is 11.1 Å². The Morgan fingerprint density at radius 1 is 0.655 bits per heavy atom. The van der Waals surface area contributed by atoms with E-state index in [0.29, 0.717) is 6.42 Å². The van der Waals surface area contributed by atoms with Crippen LogP contribution in [0, 0.1) is 0 Å². The molecule has 0 aliphatic heterocycles. The van der Waals surface area contributed by atoms with Gasteiger partial charge in [-0.25, -0.2) is 0 Å². The number of carbonyl (C=O) groups is 1. The Labute approximate surface area is 175 Å². The third kappa shape index (κ3) is 5.15. The summed E-state index contributed by atoms with van der Waals surface area (Å²) < 4.78 is 0. The number of carbonyl (C=O) groups excluding carboxylic acids is 1. The van der Waals surface area contributed by atoms with Gasteiger partial charge in [-0.3, -0.25) is 4.79 Å². The second-order valence-electron chi connectivity index (χ2n) is 6.70. The number of para-hydroxylation sites is 1. The summed E-state index contributed by atoms with van der Waals surface area (Å²) in [5.41, 5.74) is 4.16. The van der Waals surface area contributed by atoms with Crippen molar-refractivity contribution >= 4 is 23.4 Å². The minimum atomic E-state index is -0.0152. The van der Waals surface area contributed by atoms with Gasteiger partial charge in [-0.05, 0) is 41.0 Å². The molecule has 0 aliphatic rings. The molecule has 0 atom stereocenters. The van der Waals surface area contributed by atoms with E-state index in [0.717, 1.165) is 26.6 Å². The summed E-state index contributed by atoms with van der Waals surface area (Å²) in [6.45, 7) is 0. The van der Waals surface area contributed by atoms with Crippen LogP contribution in [-0.4, -0.2) is 5.91 Å². The van der Waals surface area contributed by atoms with E-state index in [-0.39, 0.29) is 5.91 Å². The van der Waals surface area contributed by atoms with Crippen molar-refractivity contribution < 1.29 is 4.79 Å². The van der Waals surface area contributed by atoms with Crippen LogP contribution in [0.2, 0.25) is 0 Å². The molecule has 0 radical (unpaired) electrons. The maximum absolute atomic E-state index is 12.6. The highest BCUT2D eigenvalue weighted by Crippen LogP contribution is 2.33. The molecule has 0 aliphatic carbocycles. The fourth-order valence-electron chi connectivity index (χ4n) is 3.10. The maximum atomic E-state index is 12.6. The lowest BCUT2D eigenvalue weighted by atomic mass is 10.0. The molecule has 29 heavy (non-hydrogen) atoms. The van der Waals surface area contributed by atoms with E-state index < -0.39 is 0 Å². The Hall–Kier alpha value is -3.30. The van der Waals surface area contributed by atoms with Crippen LogP contribution in [0.3, 0.4) is 0 Å². The Kier molecular flexibility index (Phi) is 6.08. The molecule has 4 aromatic carbocycles. The molecule has 142 valence electrons. The largest absolute Gasteiger partial charge is 0.325 e. The van der Waals surface area contributed by atoms with Gasteiger partial charge in [0, 0.05) is 9.79 Å². The molecule has 0 heterocycles. The van der Waals surface area contributed by atoms with Gasteiger partial charge in [0.2, 0.25) is 5.91 Å². The average molecular weight is 396 g/mol. The van der Waals surface area contributed by atoms with E-state index >= 15 is 0 Å². The zero-order chi connectivity index (χ0) is 19.9. The Morgan fingerprint density at radius 2 is 1.24 bits per heavy atom. The zero-order valence-corrected chi connectivity index (χ0v) is 16.7. The predicted molar refractivity (Wildman–Crippen MR) is 121 cm³/mol. The molecule has 2 nitrogen and oxygen atoms in total. The molecule has 4 aromatic rings. The summed E-state index contributed by atoms with van der Waals surface area (Å²) in [5.74, 6) is -0.0152. The number of hydrogen-bond donors (Lipinski definition) is 1. The number of amides is 1. The van der Waals surface area contributed by atoms with Crippen molar-refractivity contribution in [3.63, 3.8) is 0 Å². The van der Waals surface area contributed by atoms with Crippen LogP contribution in [0.25, 0.3) is 11.1 Å². The summed E-state index contributed by atoms with van der Waals surface area (Å²) in [6.07, 6.45) is 0.347. The van der Waals surface area contributed by atoms with Gasteiger partial charge < -0.3 is 5.32 Å². The van der Waals surface area contributed by atoms with E-state index in [9.17, 15) is 4.79 Å². The Morgan fingerprint density at radius 3 is 1.97 bits per heavy atom. The van der Waals surface area contributed by atoms with Gasteiger partial charge in [0.25, 0.3) is 0 Å². The van der Waals surface area contributed by atoms with Crippen LogP contribution in [0.15, 0.2) is 119 Å². The number of rotatable bonds is 6. The number of nitrogens with one attached hydrogen (secondary N) is 1. The van der Waals surface area contributed by atoms with Crippen molar-refractivity contribution in [2.24, 2.45) is 0 Å². The van der Waals surface area contributed by atoms with Gasteiger partial charge in [-0.1, -0.05) is 96.7 Å². The maximum Gasteiger partial charge on any atom is 0.228 e. The molecule has 0 aromatic heterocycles. The molecule has 0 spiro atoms. The summed E-state index contributed by atoms with van der Waals surface area (Å²) in [6, 6.07) is 36.5. The van der Waals surface area contributed by atoms with Gasteiger partial charge in [-0.15, -0.1) is 0 Å². The SMILES string of the molecule is O=C(Cc1ccc(-c2ccccc2)cc1)Nc1ccccc1Sc1ccccc1. The van der Waals surface area contributed by atoms with E-state index in [1.165, 1.54) is 5.56 Å². The molecular weight excluding hydrogens is 374 g/mol. The van der Waals surface area contributed by atoms with Crippen LogP contribution in [0.5, 0.6) is 0 Å². The monoisotopic (exact) mass is 395 g/mol. The quantitative estimate of drug-likeness (QED) is 0.394. The third-order valence-electron chi connectivity index (χ3n) is 4.56. The van der Waals surface area contributed by atoms with E-state index in [4.69, 9.17) is 0 Å². The Bertz CT molecular complexity index is 1080. The highest BCUT2D eigenvalue weighted by atomic mass is 32.2. The average Bonchev–Trinajstić information content (AvgIpc) is 2.77. The molecule has 0 unspecified atom stereocenters. The minimum absolute atomic E-state index is 0.0152. The highest BCUT2D eigenvalue weighted by Gasteiger charge is 2.09. The summed E-state index contributed by atoms with van der Waals surface area (Å²) in [7, 11) is 0. The second kappa shape index (κ2) is 9.26. The number of anilines is 1. The van der Waals surface area contributed by atoms with Crippen molar-refractivity contribution in [2.45, 2.75) is 16.2 Å². The first kappa shape index (κ1) is 19.0. The second-order valence-corrected chi connectivity index (χ2v) is 7.81. The van der Waals surface area contributed by atoms with Gasteiger partial charge >= 0.3 is 0 Å². The van der Waals surface area contributed by atoms with Gasteiger partial charge in [0.1, 0.15) is 0 Å². The topological polar surface area (TPSA) is 29.1 Å². The van der Waals surface area contributed by atoms with E-state index in [1.807, 2.05) is 72.8 Å². The van der Waals surface area contributed by atoms with E-state index in [1.54, 1.807) is 11.8 Å². The normalized spacial score (nSPS) is 10.5. The van der Waals surface area contributed by atoms with Gasteiger partial charge in [0.15, 0.2) is 0 Å². The van der Waals surface area contributed by atoms with Crippen molar-refractivity contribution in [1.29, 1.82) is 0 Å². The third-order valence-corrected chi connectivity index (χ3v) is 5.64. The van der Waals surface area contributed by atoms with Crippen LogP contribution in [-0.2, 0) is 11.2 Å². The molecule has 3 heteroatoms. The van der Waals surface area contributed by atoms with Crippen LogP contribution < -0.4 is 5.32 Å². The standard InChI is InChI=1S/C26H21NOS/c28-26(19-20-15-17-22(18-16-20)21-9-3-1-4-10-21)27-24-13-7-8-14-25(24)29-23-11-5-2-6-12-23/h1-18H,19H2,(H,27,28). The molecule has 1 N–H and O–H groups in total. The lowest BCUT2D eigenvalue weighted by Gasteiger charge is -2.11. The van der Waals surface area contributed by atoms with Crippen molar-refractivity contribution in [3.05, 3.63) is 115 Å². The molecule has 0 saturated carbocycles. The van der Waals surface area contributed by atoms with Crippen LogP contribution in [0.1, 0.15) is 5.56 Å². The fraction of sp³-hybridized carbons (Fsp3) is 0.0385. The van der Waals surface area contributed by atoms with Gasteiger partial charge in [0.05, 0.1) is 12.1 Å². The first-order valence-electron chi connectivity index (χ1n) is 9.54. The summed E-state index contributed by atoms with van der Waals surface area (Å²) in [5, 5.41) is 3.07. The first-order valence-corrected chi connectivity index (χ1v) is 10.4. The van der Waals surface area contributed by atoms with Crippen molar-refractivity contribution in [1.82, 2.24) is 0 Å². The summed E-state index contributed by atoms with van der Waals surface area (Å²) in [4.78, 5) is 14.8. The molecule has 4 rings (SSSR count). The Balaban J connectivity index is 1.42. The van der Waals surface area contributed by atoms with E-state index in [2.05, 4.69) is 41.7 Å². The van der Waals surface area contributed by atoms with Crippen LogP contribution >= 0.6 is 11.8 Å². The molecule has 0 bridgehead atoms. The van der Waals surface area contributed by atoms with Crippen LogP contribution in [0.4, 0.5) is 5.69 Å². The highest BCUT2D eigenvalue weighted by molar-refractivity contribution is 7.99.